The van der Waals surface area contributed by atoms with Crippen LogP contribution < -0.4 is 10.6 Å². The van der Waals surface area contributed by atoms with Gasteiger partial charge in [-0.2, -0.15) is 0 Å². The van der Waals surface area contributed by atoms with Crippen LogP contribution in [0.2, 0.25) is 10.0 Å². The van der Waals surface area contributed by atoms with Crippen LogP contribution in [-0.2, 0) is 0 Å². The van der Waals surface area contributed by atoms with Gasteiger partial charge in [0.05, 0.1) is 0 Å². The SMILES string of the molecule is Cc1nc(Nc2cc(Cl)cc(Cl)c2)cc(NC(C)(C)C)n1. The van der Waals surface area contributed by atoms with Crippen molar-refractivity contribution in [3.63, 3.8) is 0 Å². The molecule has 1 aromatic heterocycles. The Hall–Kier alpha value is -1.52. The first-order valence-electron chi connectivity index (χ1n) is 6.58. The van der Waals surface area contributed by atoms with E-state index in [9.17, 15) is 0 Å². The van der Waals surface area contributed by atoms with E-state index in [4.69, 9.17) is 23.2 Å². The van der Waals surface area contributed by atoms with Gasteiger partial charge in [0.25, 0.3) is 0 Å². The monoisotopic (exact) mass is 324 g/mol. The van der Waals surface area contributed by atoms with Gasteiger partial charge in [-0.05, 0) is 45.9 Å². The van der Waals surface area contributed by atoms with E-state index in [1.165, 1.54) is 0 Å². The minimum absolute atomic E-state index is 0.0720. The molecule has 2 rings (SSSR count). The molecule has 0 aliphatic carbocycles. The molecule has 0 amide bonds. The van der Waals surface area contributed by atoms with E-state index in [0.717, 1.165) is 11.5 Å². The van der Waals surface area contributed by atoms with Crippen LogP contribution in [0, 0.1) is 6.92 Å². The molecule has 0 spiro atoms. The van der Waals surface area contributed by atoms with Crippen molar-refractivity contribution in [3.8, 4) is 0 Å². The van der Waals surface area contributed by atoms with Gasteiger partial charge in [0, 0.05) is 27.3 Å². The Balaban J connectivity index is 2.27. The van der Waals surface area contributed by atoms with E-state index < -0.39 is 0 Å². The average molecular weight is 325 g/mol. The van der Waals surface area contributed by atoms with E-state index in [2.05, 4.69) is 41.4 Å². The van der Waals surface area contributed by atoms with Crippen LogP contribution in [0.15, 0.2) is 24.3 Å². The zero-order valence-electron chi connectivity index (χ0n) is 12.5. The predicted molar refractivity (Wildman–Crippen MR) is 89.9 cm³/mol. The molecule has 0 atom stereocenters. The summed E-state index contributed by atoms with van der Waals surface area (Å²) in [6, 6.07) is 7.13. The van der Waals surface area contributed by atoms with Crippen LogP contribution in [0.4, 0.5) is 17.3 Å². The van der Waals surface area contributed by atoms with E-state index >= 15 is 0 Å². The van der Waals surface area contributed by atoms with Gasteiger partial charge in [-0.1, -0.05) is 23.2 Å². The van der Waals surface area contributed by atoms with Gasteiger partial charge in [0.2, 0.25) is 0 Å². The van der Waals surface area contributed by atoms with E-state index in [0.29, 0.717) is 21.7 Å². The molecule has 0 radical (unpaired) electrons. The third-order valence-corrected chi connectivity index (χ3v) is 2.91. The maximum Gasteiger partial charge on any atom is 0.136 e. The fraction of sp³-hybridized carbons (Fsp3) is 0.333. The van der Waals surface area contributed by atoms with Crippen molar-refractivity contribution in [1.29, 1.82) is 0 Å². The van der Waals surface area contributed by atoms with Crippen LogP contribution in [-0.4, -0.2) is 15.5 Å². The summed E-state index contributed by atoms with van der Waals surface area (Å²) in [6.07, 6.45) is 0. The predicted octanol–water partition coefficient (Wildman–Crippen LogP) is 5.05. The number of benzene rings is 1. The molecule has 21 heavy (non-hydrogen) atoms. The topological polar surface area (TPSA) is 49.8 Å². The first kappa shape index (κ1) is 15.9. The highest BCUT2D eigenvalue weighted by Gasteiger charge is 2.12. The fourth-order valence-corrected chi connectivity index (χ4v) is 2.38. The molecule has 2 N–H and O–H groups in total. The van der Waals surface area contributed by atoms with Gasteiger partial charge in [-0.25, -0.2) is 9.97 Å². The molecule has 0 saturated carbocycles. The van der Waals surface area contributed by atoms with Crippen molar-refractivity contribution in [2.45, 2.75) is 33.2 Å². The maximum atomic E-state index is 6.00. The molecule has 2 aromatic rings. The summed E-state index contributed by atoms with van der Waals surface area (Å²) >= 11 is 12.0. The summed E-state index contributed by atoms with van der Waals surface area (Å²) in [5.41, 5.74) is 0.713. The van der Waals surface area contributed by atoms with Gasteiger partial charge in [-0.3, -0.25) is 0 Å². The van der Waals surface area contributed by atoms with Gasteiger partial charge in [0.15, 0.2) is 0 Å². The molecule has 0 aliphatic rings. The molecule has 0 aliphatic heterocycles. The Morgan fingerprint density at radius 3 is 2.05 bits per heavy atom. The third kappa shape index (κ3) is 5.06. The first-order valence-corrected chi connectivity index (χ1v) is 7.34. The molecule has 0 bridgehead atoms. The molecule has 0 fully saturated rings. The van der Waals surface area contributed by atoms with Crippen LogP contribution in [0.25, 0.3) is 0 Å². The van der Waals surface area contributed by atoms with Gasteiger partial charge in [0.1, 0.15) is 17.5 Å². The quantitative estimate of drug-likeness (QED) is 0.829. The number of hydrogen-bond donors (Lipinski definition) is 2. The Bertz CT molecular complexity index is 630. The molecular formula is C15H18Cl2N4. The van der Waals surface area contributed by atoms with Crippen LogP contribution in [0.5, 0.6) is 0 Å². The molecule has 6 heteroatoms. The normalized spacial score (nSPS) is 11.3. The van der Waals surface area contributed by atoms with Crippen LogP contribution in [0.3, 0.4) is 0 Å². The molecule has 0 saturated heterocycles. The Labute approximate surface area is 134 Å². The smallest absolute Gasteiger partial charge is 0.136 e. The second kappa shape index (κ2) is 6.08. The molecule has 4 nitrogen and oxygen atoms in total. The van der Waals surface area contributed by atoms with Crippen molar-refractivity contribution >= 4 is 40.5 Å². The van der Waals surface area contributed by atoms with Gasteiger partial charge in [-0.15, -0.1) is 0 Å². The van der Waals surface area contributed by atoms with Gasteiger partial charge < -0.3 is 10.6 Å². The summed E-state index contributed by atoms with van der Waals surface area (Å²) in [4.78, 5) is 8.75. The highest BCUT2D eigenvalue weighted by Crippen LogP contribution is 2.25. The fourth-order valence-electron chi connectivity index (χ4n) is 1.85. The van der Waals surface area contributed by atoms with E-state index in [1.807, 2.05) is 13.0 Å². The number of aromatic nitrogens is 2. The summed E-state index contributed by atoms with van der Waals surface area (Å²) in [7, 11) is 0. The second-order valence-corrected chi connectivity index (χ2v) is 6.72. The summed E-state index contributed by atoms with van der Waals surface area (Å²) in [5.74, 6) is 2.14. The summed E-state index contributed by atoms with van der Waals surface area (Å²) in [6.45, 7) is 8.08. The van der Waals surface area contributed by atoms with Crippen molar-refractivity contribution in [2.75, 3.05) is 10.6 Å². The lowest BCUT2D eigenvalue weighted by Gasteiger charge is -2.21. The largest absolute Gasteiger partial charge is 0.365 e. The molecule has 1 heterocycles. The number of aryl methyl sites for hydroxylation is 1. The third-order valence-electron chi connectivity index (χ3n) is 2.48. The van der Waals surface area contributed by atoms with E-state index in [1.54, 1.807) is 18.2 Å². The van der Waals surface area contributed by atoms with Gasteiger partial charge >= 0.3 is 0 Å². The number of nitrogens with one attached hydrogen (secondary N) is 2. The van der Waals surface area contributed by atoms with Crippen LogP contribution >= 0.6 is 23.2 Å². The molecular weight excluding hydrogens is 307 g/mol. The van der Waals surface area contributed by atoms with Crippen LogP contribution in [0.1, 0.15) is 26.6 Å². The molecule has 112 valence electrons. The average Bonchev–Trinajstić information content (AvgIpc) is 2.23. The maximum absolute atomic E-state index is 6.00. The number of hydrogen-bond acceptors (Lipinski definition) is 4. The van der Waals surface area contributed by atoms with Crippen molar-refractivity contribution in [3.05, 3.63) is 40.1 Å². The number of halogens is 2. The zero-order valence-corrected chi connectivity index (χ0v) is 14.0. The minimum atomic E-state index is -0.0720. The number of nitrogens with zero attached hydrogens (tertiary/aromatic N) is 2. The Kier molecular flexibility index (Phi) is 4.59. The summed E-state index contributed by atoms with van der Waals surface area (Å²) in [5, 5.41) is 7.67. The van der Waals surface area contributed by atoms with Crippen molar-refractivity contribution < 1.29 is 0 Å². The summed E-state index contributed by atoms with van der Waals surface area (Å²) < 4.78 is 0. The Morgan fingerprint density at radius 2 is 1.48 bits per heavy atom. The lowest BCUT2D eigenvalue weighted by atomic mass is 10.1. The Morgan fingerprint density at radius 1 is 0.905 bits per heavy atom. The minimum Gasteiger partial charge on any atom is -0.365 e. The lowest BCUT2D eigenvalue weighted by molar-refractivity contribution is 0.629. The standard InChI is InChI=1S/C15H18Cl2N4/c1-9-18-13(8-14(19-9)21-15(2,3)4)20-12-6-10(16)5-11(17)7-12/h5-8H,1-4H3,(H2,18,19,20,21). The van der Waals surface area contributed by atoms with Crippen molar-refractivity contribution in [1.82, 2.24) is 9.97 Å². The highest BCUT2D eigenvalue weighted by atomic mass is 35.5. The van der Waals surface area contributed by atoms with Crippen molar-refractivity contribution in [2.24, 2.45) is 0 Å². The lowest BCUT2D eigenvalue weighted by Crippen LogP contribution is -2.26. The molecule has 0 unspecified atom stereocenters. The van der Waals surface area contributed by atoms with E-state index in [-0.39, 0.29) is 5.54 Å². The highest BCUT2D eigenvalue weighted by molar-refractivity contribution is 6.35. The molecule has 1 aromatic carbocycles. The number of rotatable bonds is 3. The number of anilines is 3. The second-order valence-electron chi connectivity index (χ2n) is 5.84. The zero-order chi connectivity index (χ0) is 15.6. The first-order chi connectivity index (χ1) is 9.71.